The molecule has 1 amide bonds. The predicted molar refractivity (Wildman–Crippen MR) is 62.2 cm³/mol. The number of nitrogens with zero attached hydrogens (tertiary/aromatic N) is 4. The third-order valence-corrected chi connectivity index (χ3v) is 2.56. The van der Waals surface area contributed by atoms with E-state index < -0.39 is 5.91 Å². The normalized spacial score (nSPS) is 10.5. The van der Waals surface area contributed by atoms with Crippen LogP contribution in [0, 0.1) is 13.8 Å². The lowest BCUT2D eigenvalue weighted by Crippen LogP contribution is -2.13. The molecule has 0 aromatic carbocycles. The average molecular weight is 252 g/mol. The van der Waals surface area contributed by atoms with Gasteiger partial charge in [-0.15, -0.1) is 0 Å². The number of amides is 1. The molecule has 7 heteroatoms. The number of primary amides is 1. The molecule has 2 rings (SSSR count). The van der Waals surface area contributed by atoms with Gasteiger partial charge in [0.1, 0.15) is 5.69 Å². The largest absolute Gasteiger partial charge is 0.364 e. The Morgan fingerprint density at radius 3 is 2.59 bits per heavy atom. The maximum Gasteiger partial charge on any atom is 0.269 e. The van der Waals surface area contributed by atoms with Crippen LogP contribution in [-0.4, -0.2) is 25.7 Å². The number of nitrogens with two attached hydrogens (primary N) is 1. The molecule has 2 N–H and O–H groups in total. The lowest BCUT2D eigenvalue weighted by atomic mass is 10.3. The van der Waals surface area contributed by atoms with Gasteiger partial charge in [0.15, 0.2) is 11.0 Å². The summed E-state index contributed by atoms with van der Waals surface area (Å²) in [6, 6.07) is 1.50. The maximum atomic E-state index is 10.9. The molecule has 0 radical (unpaired) electrons. The second-order valence-corrected chi connectivity index (χ2v) is 3.88. The molecule has 0 fully saturated rings. The molecule has 0 saturated heterocycles. The third-order valence-electron chi connectivity index (χ3n) is 2.31. The molecule has 0 aliphatic rings. The molecule has 6 nitrogen and oxygen atoms in total. The first kappa shape index (κ1) is 11.5. The topological polar surface area (TPSA) is 86.7 Å². The lowest BCUT2D eigenvalue weighted by molar-refractivity contribution is 0.0995. The van der Waals surface area contributed by atoms with Crippen LogP contribution in [0.15, 0.2) is 12.3 Å². The van der Waals surface area contributed by atoms with Gasteiger partial charge in [-0.1, -0.05) is 11.6 Å². The highest BCUT2D eigenvalue weighted by Crippen LogP contribution is 2.17. The van der Waals surface area contributed by atoms with E-state index in [-0.39, 0.29) is 10.8 Å². The van der Waals surface area contributed by atoms with E-state index in [0.29, 0.717) is 5.82 Å². The summed E-state index contributed by atoms with van der Waals surface area (Å²) >= 11 is 5.97. The first-order chi connectivity index (χ1) is 7.99. The summed E-state index contributed by atoms with van der Waals surface area (Å²) in [5, 5.41) is 4.20. The van der Waals surface area contributed by atoms with E-state index in [4.69, 9.17) is 17.3 Å². The Labute approximate surface area is 102 Å². The molecule has 0 atom stereocenters. The van der Waals surface area contributed by atoms with Crippen molar-refractivity contribution in [2.24, 2.45) is 5.73 Å². The first-order valence-corrected chi connectivity index (χ1v) is 5.23. The number of aromatic nitrogens is 4. The van der Waals surface area contributed by atoms with Crippen molar-refractivity contribution in [3.63, 3.8) is 0 Å². The smallest absolute Gasteiger partial charge is 0.269 e. The fraction of sp³-hybridized carbons (Fsp3) is 0.200. The van der Waals surface area contributed by atoms with Crippen LogP contribution in [0.25, 0.3) is 5.82 Å². The van der Waals surface area contributed by atoms with Crippen molar-refractivity contribution < 1.29 is 4.79 Å². The Morgan fingerprint density at radius 1 is 1.35 bits per heavy atom. The molecule has 2 aromatic rings. The van der Waals surface area contributed by atoms with Crippen molar-refractivity contribution in [1.29, 1.82) is 0 Å². The van der Waals surface area contributed by atoms with Crippen molar-refractivity contribution in [3.05, 3.63) is 34.5 Å². The molecule has 0 unspecified atom stereocenters. The fourth-order valence-electron chi connectivity index (χ4n) is 1.28. The number of rotatable bonds is 2. The Hall–Kier alpha value is -1.95. The number of carbonyl (C=O) groups is 1. The second kappa shape index (κ2) is 4.14. The Kier molecular flexibility index (Phi) is 2.81. The minimum absolute atomic E-state index is 0.154. The average Bonchev–Trinajstić information content (AvgIpc) is 2.72. The molecule has 2 aromatic heterocycles. The quantitative estimate of drug-likeness (QED) is 0.864. The maximum absolute atomic E-state index is 10.9. The summed E-state index contributed by atoms with van der Waals surface area (Å²) in [6.07, 6.45) is 1.56. The SMILES string of the molecule is Cc1nc(Cl)c(-n2ccc(C(N)=O)n2)nc1C. The molecular formula is C10H10ClN5O. The van der Waals surface area contributed by atoms with Gasteiger partial charge in [0.2, 0.25) is 0 Å². The molecular weight excluding hydrogens is 242 g/mol. The second-order valence-electron chi connectivity index (χ2n) is 3.52. The zero-order chi connectivity index (χ0) is 12.6. The van der Waals surface area contributed by atoms with Gasteiger partial charge in [0.25, 0.3) is 5.91 Å². The van der Waals surface area contributed by atoms with E-state index in [1.54, 1.807) is 6.20 Å². The molecule has 0 spiro atoms. The van der Waals surface area contributed by atoms with Crippen molar-refractivity contribution in [1.82, 2.24) is 19.7 Å². The molecule has 0 aliphatic carbocycles. The first-order valence-electron chi connectivity index (χ1n) is 4.85. The van der Waals surface area contributed by atoms with E-state index in [1.165, 1.54) is 10.7 Å². The van der Waals surface area contributed by atoms with Crippen LogP contribution >= 0.6 is 11.6 Å². The van der Waals surface area contributed by atoms with Gasteiger partial charge >= 0.3 is 0 Å². The summed E-state index contributed by atoms with van der Waals surface area (Å²) in [4.78, 5) is 19.3. The van der Waals surface area contributed by atoms with Crippen molar-refractivity contribution >= 4 is 17.5 Å². The zero-order valence-electron chi connectivity index (χ0n) is 9.31. The summed E-state index contributed by atoms with van der Waals surface area (Å²) in [6.45, 7) is 3.64. The predicted octanol–water partition coefficient (Wildman–Crippen LogP) is 1.03. The zero-order valence-corrected chi connectivity index (χ0v) is 10.1. The van der Waals surface area contributed by atoms with Crippen LogP contribution in [0.4, 0.5) is 0 Å². The Morgan fingerprint density at radius 2 is 2.00 bits per heavy atom. The van der Waals surface area contributed by atoms with Gasteiger partial charge in [-0.25, -0.2) is 14.6 Å². The number of hydrogen-bond acceptors (Lipinski definition) is 4. The van der Waals surface area contributed by atoms with E-state index in [1.807, 2.05) is 13.8 Å². The van der Waals surface area contributed by atoms with Gasteiger partial charge in [0.05, 0.1) is 11.4 Å². The highest BCUT2D eigenvalue weighted by atomic mass is 35.5. The minimum Gasteiger partial charge on any atom is -0.364 e. The highest BCUT2D eigenvalue weighted by molar-refractivity contribution is 6.30. The van der Waals surface area contributed by atoms with Crippen LogP contribution in [0.2, 0.25) is 5.15 Å². The minimum atomic E-state index is -0.600. The van der Waals surface area contributed by atoms with Gasteiger partial charge in [-0.05, 0) is 19.9 Å². The van der Waals surface area contributed by atoms with Gasteiger partial charge in [-0.3, -0.25) is 4.79 Å². The summed E-state index contributed by atoms with van der Waals surface area (Å²) < 4.78 is 1.38. The number of carbonyl (C=O) groups excluding carboxylic acids is 1. The molecule has 0 bridgehead atoms. The molecule has 0 saturated carbocycles. The van der Waals surface area contributed by atoms with Crippen molar-refractivity contribution in [3.8, 4) is 5.82 Å². The summed E-state index contributed by atoms with van der Waals surface area (Å²) in [7, 11) is 0. The highest BCUT2D eigenvalue weighted by Gasteiger charge is 2.12. The van der Waals surface area contributed by atoms with Gasteiger partial charge < -0.3 is 5.73 Å². The number of halogens is 1. The van der Waals surface area contributed by atoms with Crippen LogP contribution in [-0.2, 0) is 0 Å². The molecule has 0 aliphatic heterocycles. The monoisotopic (exact) mass is 251 g/mol. The number of aryl methyl sites for hydroxylation is 2. The molecule has 17 heavy (non-hydrogen) atoms. The number of hydrogen-bond donors (Lipinski definition) is 1. The van der Waals surface area contributed by atoms with Crippen LogP contribution in [0.3, 0.4) is 0 Å². The Bertz CT molecular complexity index is 592. The van der Waals surface area contributed by atoms with E-state index in [9.17, 15) is 4.79 Å². The Balaban J connectivity index is 2.52. The summed E-state index contributed by atoms with van der Waals surface area (Å²) in [5.74, 6) is -0.223. The van der Waals surface area contributed by atoms with Crippen molar-refractivity contribution in [2.75, 3.05) is 0 Å². The molecule has 88 valence electrons. The fourth-order valence-corrected chi connectivity index (χ4v) is 1.54. The molecule has 2 heterocycles. The van der Waals surface area contributed by atoms with Crippen LogP contribution < -0.4 is 5.73 Å². The van der Waals surface area contributed by atoms with Crippen molar-refractivity contribution in [2.45, 2.75) is 13.8 Å². The van der Waals surface area contributed by atoms with Gasteiger partial charge in [0, 0.05) is 6.20 Å². The standard InChI is InChI=1S/C10H10ClN5O/c1-5-6(2)14-10(8(11)13-5)16-4-3-7(15-16)9(12)17/h3-4H,1-2H3,(H2,12,17). The van der Waals surface area contributed by atoms with E-state index in [2.05, 4.69) is 15.1 Å². The van der Waals surface area contributed by atoms with Crippen LogP contribution in [0.5, 0.6) is 0 Å². The van der Waals surface area contributed by atoms with Crippen LogP contribution in [0.1, 0.15) is 21.9 Å². The van der Waals surface area contributed by atoms with Gasteiger partial charge in [-0.2, -0.15) is 5.10 Å². The summed E-state index contributed by atoms with van der Waals surface area (Å²) in [5.41, 5.74) is 6.77. The lowest BCUT2D eigenvalue weighted by Gasteiger charge is -2.05. The third kappa shape index (κ3) is 2.12. The van der Waals surface area contributed by atoms with E-state index in [0.717, 1.165) is 11.4 Å². The van der Waals surface area contributed by atoms with E-state index >= 15 is 0 Å².